The molecule has 1 aromatic heterocycles. The fourth-order valence-corrected chi connectivity index (χ4v) is 2.89. The van der Waals surface area contributed by atoms with Crippen molar-refractivity contribution < 1.29 is 0 Å². The number of nitrogens with one attached hydrogen (secondary N) is 1. The van der Waals surface area contributed by atoms with Crippen LogP contribution in [0.2, 0.25) is 0 Å². The maximum Gasteiger partial charge on any atom is 0.0605 e. The molecule has 1 aliphatic rings. The molecule has 3 rings (SSSR count). The van der Waals surface area contributed by atoms with Crippen molar-refractivity contribution in [2.45, 2.75) is 25.3 Å². The molecule has 1 N–H and O–H groups in total. The van der Waals surface area contributed by atoms with E-state index in [4.69, 9.17) is 0 Å². The van der Waals surface area contributed by atoms with E-state index in [9.17, 15) is 0 Å². The van der Waals surface area contributed by atoms with Gasteiger partial charge in [-0.2, -0.15) is 5.10 Å². The molecule has 0 radical (unpaired) electrons. The summed E-state index contributed by atoms with van der Waals surface area (Å²) in [6, 6.07) is 7.14. The molecule has 1 heterocycles. The summed E-state index contributed by atoms with van der Waals surface area (Å²) in [5, 5.41) is 7.65. The van der Waals surface area contributed by atoms with Crippen LogP contribution in [0.5, 0.6) is 0 Å². The van der Waals surface area contributed by atoms with Crippen LogP contribution in [-0.4, -0.2) is 16.8 Å². The van der Waals surface area contributed by atoms with Gasteiger partial charge in [-0.15, -0.1) is 0 Å². The largest absolute Gasteiger partial charge is 0.309 e. The normalized spacial score (nSPS) is 15.7. The summed E-state index contributed by atoms with van der Waals surface area (Å²) >= 11 is 0. The van der Waals surface area contributed by atoms with E-state index in [2.05, 4.69) is 34.8 Å². The van der Waals surface area contributed by atoms with Crippen molar-refractivity contribution in [3.05, 3.63) is 52.8 Å². The van der Waals surface area contributed by atoms with Crippen LogP contribution in [0.4, 0.5) is 0 Å². The molecule has 0 saturated carbocycles. The van der Waals surface area contributed by atoms with E-state index in [1.165, 1.54) is 41.5 Å². The van der Waals surface area contributed by atoms with Crippen LogP contribution in [-0.2, 0) is 19.9 Å². The Hall–Kier alpha value is -1.61. The molecule has 0 amide bonds. The predicted molar refractivity (Wildman–Crippen MR) is 72.6 cm³/mol. The number of aromatic nitrogens is 2. The van der Waals surface area contributed by atoms with Gasteiger partial charge in [-0.1, -0.05) is 18.2 Å². The van der Waals surface area contributed by atoms with Crippen molar-refractivity contribution in [2.24, 2.45) is 7.05 Å². The Morgan fingerprint density at radius 3 is 2.78 bits per heavy atom. The first-order valence-corrected chi connectivity index (χ1v) is 6.55. The van der Waals surface area contributed by atoms with Crippen molar-refractivity contribution in [2.75, 3.05) is 7.05 Å². The number of hydrogen-bond donors (Lipinski definition) is 1. The van der Waals surface area contributed by atoms with E-state index in [-0.39, 0.29) is 6.04 Å². The molecule has 94 valence electrons. The van der Waals surface area contributed by atoms with Crippen molar-refractivity contribution >= 4 is 0 Å². The van der Waals surface area contributed by atoms with Gasteiger partial charge in [0.2, 0.25) is 0 Å². The Labute approximate surface area is 108 Å². The summed E-state index contributed by atoms with van der Waals surface area (Å²) in [6.45, 7) is 0. The van der Waals surface area contributed by atoms with Crippen molar-refractivity contribution in [3.63, 3.8) is 0 Å². The van der Waals surface area contributed by atoms with Gasteiger partial charge in [-0.25, -0.2) is 0 Å². The van der Waals surface area contributed by atoms with E-state index in [1.54, 1.807) is 0 Å². The van der Waals surface area contributed by atoms with Crippen LogP contribution in [0.25, 0.3) is 0 Å². The maximum absolute atomic E-state index is 4.26. The summed E-state index contributed by atoms with van der Waals surface area (Å²) in [5.41, 5.74) is 5.61. The second-order valence-electron chi connectivity index (χ2n) is 5.05. The van der Waals surface area contributed by atoms with E-state index < -0.39 is 0 Å². The van der Waals surface area contributed by atoms with Crippen LogP contribution < -0.4 is 5.32 Å². The number of nitrogens with zero attached hydrogens (tertiary/aromatic N) is 2. The quantitative estimate of drug-likeness (QED) is 0.893. The number of hydrogen-bond acceptors (Lipinski definition) is 2. The van der Waals surface area contributed by atoms with E-state index in [1.807, 2.05) is 25.0 Å². The summed E-state index contributed by atoms with van der Waals surface area (Å²) < 4.78 is 1.85. The minimum Gasteiger partial charge on any atom is -0.309 e. The second kappa shape index (κ2) is 4.58. The summed E-state index contributed by atoms with van der Waals surface area (Å²) in [4.78, 5) is 0. The van der Waals surface area contributed by atoms with Crippen LogP contribution >= 0.6 is 0 Å². The van der Waals surface area contributed by atoms with Crippen LogP contribution in [0.1, 0.15) is 34.7 Å². The Morgan fingerprint density at radius 2 is 2.06 bits per heavy atom. The third kappa shape index (κ3) is 1.95. The van der Waals surface area contributed by atoms with Gasteiger partial charge in [0, 0.05) is 18.8 Å². The lowest BCUT2D eigenvalue weighted by molar-refractivity contribution is 0.688. The first-order chi connectivity index (χ1) is 8.78. The number of benzene rings is 1. The van der Waals surface area contributed by atoms with Crippen molar-refractivity contribution in [1.82, 2.24) is 15.1 Å². The van der Waals surface area contributed by atoms with Gasteiger partial charge in [0.05, 0.1) is 12.2 Å². The molecule has 0 saturated heterocycles. The fraction of sp³-hybridized carbons (Fsp3) is 0.400. The zero-order valence-electron chi connectivity index (χ0n) is 11.0. The zero-order valence-corrected chi connectivity index (χ0v) is 11.0. The highest BCUT2D eigenvalue weighted by atomic mass is 15.2. The van der Waals surface area contributed by atoms with E-state index >= 15 is 0 Å². The first-order valence-electron chi connectivity index (χ1n) is 6.55. The standard InChI is InChI=1S/C15H19N3/c1-16-15(14-9-17-18(2)10-14)13-7-6-11-4-3-5-12(11)8-13/h6-10,15-16H,3-5H2,1-2H3. The van der Waals surface area contributed by atoms with Gasteiger partial charge in [-0.05, 0) is 43.0 Å². The smallest absolute Gasteiger partial charge is 0.0605 e. The molecule has 3 nitrogen and oxygen atoms in total. The summed E-state index contributed by atoms with van der Waals surface area (Å²) in [5.74, 6) is 0. The average molecular weight is 241 g/mol. The highest BCUT2D eigenvalue weighted by Gasteiger charge is 2.17. The molecule has 1 aromatic carbocycles. The Kier molecular flexibility index (Phi) is 2.92. The molecule has 1 aliphatic carbocycles. The minimum atomic E-state index is 0.240. The van der Waals surface area contributed by atoms with Gasteiger partial charge in [0.25, 0.3) is 0 Å². The number of rotatable bonds is 3. The van der Waals surface area contributed by atoms with Gasteiger partial charge < -0.3 is 5.32 Å². The molecular weight excluding hydrogens is 222 g/mol. The minimum absolute atomic E-state index is 0.240. The van der Waals surface area contributed by atoms with E-state index in [0.717, 1.165) is 0 Å². The fourth-order valence-electron chi connectivity index (χ4n) is 2.89. The molecule has 0 bridgehead atoms. The van der Waals surface area contributed by atoms with Gasteiger partial charge in [0.15, 0.2) is 0 Å². The summed E-state index contributed by atoms with van der Waals surface area (Å²) in [7, 11) is 3.96. The topological polar surface area (TPSA) is 29.9 Å². The second-order valence-corrected chi connectivity index (χ2v) is 5.05. The number of fused-ring (bicyclic) bond motifs is 1. The monoisotopic (exact) mass is 241 g/mol. The third-order valence-electron chi connectivity index (χ3n) is 3.80. The summed E-state index contributed by atoms with van der Waals surface area (Å²) in [6.07, 6.45) is 7.79. The SMILES string of the molecule is CNC(c1ccc2c(c1)CCC2)c1cnn(C)c1. The number of aryl methyl sites for hydroxylation is 3. The van der Waals surface area contributed by atoms with Gasteiger partial charge >= 0.3 is 0 Å². The lowest BCUT2D eigenvalue weighted by Gasteiger charge is -2.16. The van der Waals surface area contributed by atoms with Crippen LogP contribution in [0.3, 0.4) is 0 Å². The lowest BCUT2D eigenvalue weighted by atomic mass is 9.98. The highest BCUT2D eigenvalue weighted by molar-refractivity contribution is 5.39. The molecule has 1 atom stereocenters. The molecule has 0 fully saturated rings. The van der Waals surface area contributed by atoms with Gasteiger partial charge in [-0.3, -0.25) is 4.68 Å². The Balaban J connectivity index is 1.96. The molecule has 0 spiro atoms. The molecule has 18 heavy (non-hydrogen) atoms. The molecule has 2 aromatic rings. The molecule has 1 unspecified atom stereocenters. The molecular formula is C15H19N3. The van der Waals surface area contributed by atoms with Gasteiger partial charge in [0.1, 0.15) is 0 Å². The van der Waals surface area contributed by atoms with E-state index in [0.29, 0.717) is 0 Å². The first kappa shape index (κ1) is 11.5. The molecule has 0 aliphatic heterocycles. The Morgan fingerprint density at radius 1 is 1.22 bits per heavy atom. The van der Waals surface area contributed by atoms with Crippen LogP contribution in [0, 0.1) is 0 Å². The Bertz CT molecular complexity index is 557. The third-order valence-corrected chi connectivity index (χ3v) is 3.80. The van der Waals surface area contributed by atoms with Crippen LogP contribution in [0.15, 0.2) is 30.6 Å². The maximum atomic E-state index is 4.26. The predicted octanol–water partition coefficient (Wildman–Crippen LogP) is 2.22. The van der Waals surface area contributed by atoms with Crippen molar-refractivity contribution in [3.8, 4) is 0 Å². The average Bonchev–Trinajstić information content (AvgIpc) is 2.99. The lowest BCUT2D eigenvalue weighted by Crippen LogP contribution is -2.17. The van der Waals surface area contributed by atoms with Crippen molar-refractivity contribution in [1.29, 1.82) is 0 Å². The molecule has 3 heteroatoms. The highest BCUT2D eigenvalue weighted by Crippen LogP contribution is 2.28. The zero-order chi connectivity index (χ0) is 12.5.